The third kappa shape index (κ3) is 3.84. The molecule has 0 radical (unpaired) electrons. The summed E-state index contributed by atoms with van der Waals surface area (Å²) >= 11 is 0. The molecular weight excluding hydrogens is 334 g/mol. The van der Waals surface area contributed by atoms with Gasteiger partial charge in [0.25, 0.3) is 0 Å². The molecule has 1 aromatic rings. The number of hydrogen-bond acceptors (Lipinski definition) is 5. The smallest absolute Gasteiger partial charge is 0.316 e. The summed E-state index contributed by atoms with van der Waals surface area (Å²) in [6, 6.07) is 9.35. The molecule has 0 aromatic heterocycles. The zero-order valence-corrected chi connectivity index (χ0v) is 15.7. The second kappa shape index (κ2) is 7.81. The number of ether oxygens (including phenoxy) is 1. The molecule has 6 nitrogen and oxygen atoms in total. The van der Waals surface area contributed by atoms with E-state index in [0.29, 0.717) is 13.1 Å². The predicted molar refractivity (Wildman–Crippen MR) is 94.9 cm³/mol. The molecule has 26 heavy (non-hydrogen) atoms. The maximum Gasteiger partial charge on any atom is 0.316 e. The van der Waals surface area contributed by atoms with Crippen molar-refractivity contribution >= 4 is 23.4 Å². The molecule has 1 aromatic carbocycles. The second-order valence-electron chi connectivity index (χ2n) is 7.26. The summed E-state index contributed by atoms with van der Waals surface area (Å²) in [6.45, 7) is 5.80. The van der Waals surface area contributed by atoms with E-state index in [1.54, 1.807) is 20.8 Å². The summed E-state index contributed by atoms with van der Waals surface area (Å²) < 4.78 is 4.75. The van der Waals surface area contributed by atoms with Crippen LogP contribution < -0.4 is 0 Å². The van der Waals surface area contributed by atoms with Crippen LogP contribution in [0, 0.1) is 17.3 Å². The Balaban J connectivity index is 2.29. The van der Waals surface area contributed by atoms with Crippen LogP contribution in [-0.2, 0) is 30.5 Å². The number of Topliss-reactive ketones (excluding diaryl/α,β-unsaturated/α-hetero) is 2. The second-order valence-corrected chi connectivity index (χ2v) is 7.26. The summed E-state index contributed by atoms with van der Waals surface area (Å²) in [5.41, 5.74) is 0.0392. The highest BCUT2D eigenvalue weighted by atomic mass is 16.5. The van der Waals surface area contributed by atoms with Crippen molar-refractivity contribution in [2.45, 2.75) is 33.7 Å². The van der Waals surface area contributed by atoms with Crippen molar-refractivity contribution in [1.29, 1.82) is 0 Å². The first kappa shape index (κ1) is 19.8. The Hall–Kier alpha value is -2.50. The van der Waals surface area contributed by atoms with Gasteiger partial charge in [-0.3, -0.25) is 19.2 Å². The lowest BCUT2D eigenvalue weighted by Gasteiger charge is -2.38. The van der Waals surface area contributed by atoms with Crippen LogP contribution in [0.4, 0.5) is 0 Å². The molecule has 1 amide bonds. The van der Waals surface area contributed by atoms with E-state index < -0.39 is 40.7 Å². The number of carbonyl (C=O) groups is 4. The van der Waals surface area contributed by atoms with Crippen LogP contribution >= 0.6 is 0 Å². The molecule has 1 aliphatic rings. The fourth-order valence-electron chi connectivity index (χ4n) is 3.51. The van der Waals surface area contributed by atoms with Gasteiger partial charge in [-0.25, -0.2) is 0 Å². The molecule has 0 heterocycles. The molecule has 0 saturated heterocycles. The first-order valence-corrected chi connectivity index (χ1v) is 8.70. The van der Waals surface area contributed by atoms with Gasteiger partial charge in [-0.05, 0) is 17.9 Å². The number of rotatable bonds is 5. The van der Waals surface area contributed by atoms with Crippen molar-refractivity contribution < 1.29 is 23.9 Å². The standard InChI is InChI=1S/C20H25NO5/c1-5-21(12-13-9-7-6-8-10-13)18(24)15-14(22)11-20(2,3)16(17(15)23)19(25)26-4/h6-10,15-16H,5,11-12H2,1-4H3/t15-,16+/m0/s1. The minimum atomic E-state index is -1.43. The van der Waals surface area contributed by atoms with Gasteiger partial charge < -0.3 is 9.64 Å². The third-order valence-electron chi connectivity index (χ3n) is 4.90. The molecule has 6 heteroatoms. The van der Waals surface area contributed by atoms with E-state index in [-0.39, 0.29) is 6.42 Å². The Labute approximate surface area is 153 Å². The molecule has 0 spiro atoms. The maximum atomic E-state index is 13.0. The van der Waals surface area contributed by atoms with Crippen LogP contribution in [0.25, 0.3) is 0 Å². The Kier molecular flexibility index (Phi) is 5.95. The van der Waals surface area contributed by atoms with Crippen LogP contribution in [0.5, 0.6) is 0 Å². The Bertz CT molecular complexity index is 710. The fraction of sp³-hybridized carbons (Fsp3) is 0.500. The van der Waals surface area contributed by atoms with E-state index >= 15 is 0 Å². The van der Waals surface area contributed by atoms with E-state index in [4.69, 9.17) is 4.74 Å². The largest absolute Gasteiger partial charge is 0.468 e. The average Bonchev–Trinajstić information content (AvgIpc) is 2.58. The minimum absolute atomic E-state index is 0.0161. The van der Waals surface area contributed by atoms with Crippen molar-refractivity contribution in [2.75, 3.05) is 13.7 Å². The molecule has 0 bridgehead atoms. The number of benzene rings is 1. The van der Waals surface area contributed by atoms with Gasteiger partial charge in [0, 0.05) is 19.5 Å². The number of esters is 1. The van der Waals surface area contributed by atoms with Crippen LogP contribution in [0.3, 0.4) is 0 Å². The molecule has 0 N–H and O–H groups in total. The molecule has 2 atom stereocenters. The van der Waals surface area contributed by atoms with Gasteiger partial charge >= 0.3 is 5.97 Å². The molecule has 1 saturated carbocycles. The quantitative estimate of drug-likeness (QED) is 0.593. The summed E-state index contributed by atoms with van der Waals surface area (Å²) in [7, 11) is 1.20. The van der Waals surface area contributed by atoms with Crippen molar-refractivity contribution in [2.24, 2.45) is 17.3 Å². The molecule has 2 rings (SSSR count). The lowest BCUT2D eigenvalue weighted by atomic mass is 9.63. The minimum Gasteiger partial charge on any atom is -0.468 e. The first-order chi connectivity index (χ1) is 12.2. The highest BCUT2D eigenvalue weighted by molar-refractivity contribution is 6.24. The van der Waals surface area contributed by atoms with E-state index in [2.05, 4.69) is 0 Å². The van der Waals surface area contributed by atoms with E-state index in [9.17, 15) is 19.2 Å². The van der Waals surface area contributed by atoms with Crippen molar-refractivity contribution in [3.63, 3.8) is 0 Å². The molecule has 1 aliphatic carbocycles. The fourth-order valence-corrected chi connectivity index (χ4v) is 3.51. The highest BCUT2D eigenvalue weighted by Crippen LogP contribution is 2.40. The summed E-state index contributed by atoms with van der Waals surface area (Å²) in [6.07, 6.45) is -0.0161. The average molecular weight is 359 g/mol. The van der Waals surface area contributed by atoms with Gasteiger partial charge in [0.2, 0.25) is 5.91 Å². The van der Waals surface area contributed by atoms with Crippen LogP contribution in [0.2, 0.25) is 0 Å². The van der Waals surface area contributed by atoms with Crippen LogP contribution in [0.1, 0.15) is 32.8 Å². The van der Waals surface area contributed by atoms with Crippen LogP contribution in [-0.4, -0.2) is 42.0 Å². The molecular formula is C20H25NO5. The number of hydrogen-bond donors (Lipinski definition) is 0. The summed E-state index contributed by atoms with van der Waals surface area (Å²) in [5, 5.41) is 0. The molecule has 1 fully saturated rings. The number of carbonyl (C=O) groups excluding carboxylic acids is 4. The van der Waals surface area contributed by atoms with E-state index in [1.807, 2.05) is 30.3 Å². The topological polar surface area (TPSA) is 80.8 Å². The van der Waals surface area contributed by atoms with Crippen molar-refractivity contribution in [3.05, 3.63) is 35.9 Å². The lowest BCUT2D eigenvalue weighted by molar-refractivity contribution is -0.163. The van der Waals surface area contributed by atoms with Crippen molar-refractivity contribution in [3.8, 4) is 0 Å². The first-order valence-electron chi connectivity index (χ1n) is 8.70. The van der Waals surface area contributed by atoms with Crippen LogP contribution in [0.15, 0.2) is 30.3 Å². The van der Waals surface area contributed by atoms with E-state index in [1.165, 1.54) is 12.0 Å². The Morgan fingerprint density at radius 3 is 2.35 bits per heavy atom. The zero-order chi connectivity index (χ0) is 19.5. The number of amides is 1. The number of ketones is 2. The van der Waals surface area contributed by atoms with Gasteiger partial charge in [0.15, 0.2) is 17.5 Å². The number of methoxy groups -OCH3 is 1. The van der Waals surface area contributed by atoms with E-state index in [0.717, 1.165) is 5.56 Å². The summed E-state index contributed by atoms with van der Waals surface area (Å²) in [4.78, 5) is 52.0. The monoisotopic (exact) mass is 359 g/mol. The predicted octanol–water partition coefficient (Wildman–Crippen LogP) is 2.01. The Morgan fingerprint density at radius 1 is 1.19 bits per heavy atom. The molecule has 0 aliphatic heterocycles. The normalized spacial score (nSPS) is 22.0. The van der Waals surface area contributed by atoms with Gasteiger partial charge in [-0.1, -0.05) is 44.2 Å². The third-order valence-corrected chi connectivity index (χ3v) is 4.90. The Morgan fingerprint density at radius 2 is 1.81 bits per heavy atom. The molecule has 0 unspecified atom stereocenters. The van der Waals surface area contributed by atoms with Crippen molar-refractivity contribution in [1.82, 2.24) is 4.90 Å². The zero-order valence-electron chi connectivity index (χ0n) is 15.7. The summed E-state index contributed by atoms with van der Waals surface area (Å²) in [5.74, 6) is -4.89. The van der Waals surface area contributed by atoms with Gasteiger partial charge in [0.05, 0.1) is 7.11 Å². The number of nitrogens with zero attached hydrogens (tertiary/aromatic N) is 1. The SMILES string of the molecule is CCN(Cc1ccccc1)C(=O)[C@H]1C(=O)CC(C)(C)[C@@H](C(=O)OC)C1=O. The van der Waals surface area contributed by atoms with Gasteiger partial charge in [-0.2, -0.15) is 0 Å². The maximum absolute atomic E-state index is 13.0. The van der Waals surface area contributed by atoms with Gasteiger partial charge in [0.1, 0.15) is 5.92 Å². The molecule has 140 valence electrons. The van der Waals surface area contributed by atoms with Gasteiger partial charge in [-0.15, -0.1) is 0 Å². The lowest BCUT2D eigenvalue weighted by Crippen LogP contribution is -2.54. The highest BCUT2D eigenvalue weighted by Gasteiger charge is 2.54.